The van der Waals surface area contributed by atoms with Crippen LogP contribution in [-0.2, 0) is 28.8 Å². The molecule has 1 saturated heterocycles. The second-order valence-corrected chi connectivity index (χ2v) is 11.7. The van der Waals surface area contributed by atoms with Gasteiger partial charge < -0.3 is 42.7 Å². The molecule has 14 nitrogen and oxygen atoms in total. The molecule has 1 aliphatic rings. The lowest BCUT2D eigenvalue weighted by atomic mass is 9.80. The summed E-state index contributed by atoms with van der Waals surface area (Å²) < 4.78 is -0.0946. The van der Waals surface area contributed by atoms with E-state index in [9.17, 15) is 28.8 Å². The van der Waals surface area contributed by atoms with Crippen LogP contribution in [0.3, 0.4) is 0 Å². The van der Waals surface area contributed by atoms with E-state index in [1.165, 1.54) is 6.92 Å². The summed E-state index contributed by atoms with van der Waals surface area (Å²) in [4.78, 5) is 66.2. The first-order valence-corrected chi connectivity index (χ1v) is 12.4. The summed E-state index contributed by atoms with van der Waals surface area (Å²) in [6.45, 7) is 11.2. The maximum atomic E-state index is 12.4. The summed E-state index contributed by atoms with van der Waals surface area (Å²) in [5.41, 5.74) is 10.6. The van der Waals surface area contributed by atoms with Gasteiger partial charge in [0, 0.05) is 16.5 Å². The number of aliphatic carboxylic acids is 3. The van der Waals surface area contributed by atoms with Crippen LogP contribution in [0.4, 0.5) is 0 Å². The number of thioether (sulfide) groups is 1. The Balaban J connectivity index is 0.000000795. The molecule has 212 valence electrons. The smallest absolute Gasteiger partial charge is 0.325 e. The van der Waals surface area contributed by atoms with Gasteiger partial charge in [0.05, 0.1) is 24.9 Å². The van der Waals surface area contributed by atoms with Gasteiger partial charge in [0.15, 0.2) is 0 Å². The van der Waals surface area contributed by atoms with E-state index in [-0.39, 0.29) is 22.1 Å². The second kappa shape index (κ2) is 14.1. The molecular formula is C22H39N5O9S. The molecule has 0 bridgehead atoms. The molecule has 10 N–H and O–H groups in total. The number of carbonyl (C=O) groups is 6. The lowest BCUT2D eigenvalue weighted by Crippen LogP contribution is -2.57. The van der Waals surface area contributed by atoms with Gasteiger partial charge in [-0.2, -0.15) is 11.8 Å². The number of hydrogen-bond acceptors (Lipinski definition) is 9. The second-order valence-electron chi connectivity index (χ2n) is 10.0. The van der Waals surface area contributed by atoms with Crippen molar-refractivity contribution in [3.63, 3.8) is 0 Å². The van der Waals surface area contributed by atoms with E-state index < -0.39 is 66.7 Å². The molecule has 0 aliphatic carbocycles. The summed E-state index contributed by atoms with van der Waals surface area (Å²) in [5.74, 6) is -4.37. The standard InChI is InChI=1S/C15H27N3O4S.C7H12N2O5/c1-8(17-12(22)9(16)6-10(19)20)11(21)18-13-14(2,3)7-23-15(13,4)5;1-3(7(13)14)9-6(12)4(8)2-5(10)11/h8-9,13H,6-7,16H2,1-5H3,(H,17,22)(H,18,21)(H,19,20);3-4H,2,8H2,1H3,(H,9,12)(H,10,11)(H,13,14)/t8-,9+,13?;3-,4+/m11/s1. The van der Waals surface area contributed by atoms with E-state index in [0.717, 1.165) is 5.75 Å². The number of rotatable bonds is 11. The third kappa shape index (κ3) is 11.8. The third-order valence-electron chi connectivity index (χ3n) is 5.52. The number of hydrogen-bond donors (Lipinski definition) is 8. The first-order chi connectivity index (χ1) is 16.7. The van der Waals surface area contributed by atoms with Gasteiger partial charge in [0.1, 0.15) is 12.1 Å². The monoisotopic (exact) mass is 549 g/mol. The highest BCUT2D eigenvalue weighted by Gasteiger charge is 2.48. The van der Waals surface area contributed by atoms with E-state index >= 15 is 0 Å². The molecule has 37 heavy (non-hydrogen) atoms. The Labute approximate surface area is 219 Å². The van der Waals surface area contributed by atoms with Gasteiger partial charge in [0.2, 0.25) is 17.7 Å². The van der Waals surface area contributed by atoms with Gasteiger partial charge in [-0.1, -0.05) is 13.8 Å². The highest BCUT2D eigenvalue weighted by Crippen LogP contribution is 2.47. The fourth-order valence-electron chi connectivity index (χ4n) is 3.45. The lowest BCUT2D eigenvalue weighted by Gasteiger charge is -2.35. The van der Waals surface area contributed by atoms with Crippen molar-refractivity contribution in [3.8, 4) is 0 Å². The summed E-state index contributed by atoms with van der Waals surface area (Å²) in [6.07, 6.45) is -1.00. The molecule has 1 heterocycles. The van der Waals surface area contributed by atoms with Crippen LogP contribution in [0.2, 0.25) is 0 Å². The van der Waals surface area contributed by atoms with Crippen molar-refractivity contribution in [3.05, 3.63) is 0 Å². The van der Waals surface area contributed by atoms with E-state index in [1.54, 1.807) is 18.7 Å². The van der Waals surface area contributed by atoms with Crippen molar-refractivity contribution < 1.29 is 44.1 Å². The molecule has 0 aromatic heterocycles. The molecule has 1 rings (SSSR count). The van der Waals surface area contributed by atoms with Crippen LogP contribution < -0.4 is 27.4 Å². The quantitative estimate of drug-likeness (QED) is 0.150. The average Bonchev–Trinajstić information content (AvgIpc) is 2.95. The van der Waals surface area contributed by atoms with Gasteiger partial charge in [0.25, 0.3) is 0 Å². The molecule has 5 atom stereocenters. The maximum Gasteiger partial charge on any atom is 0.325 e. The van der Waals surface area contributed by atoms with Crippen LogP contribution in [0, 0.1) is 5.41 Å². The lowest BCUT2D eigenvalue weighted by molar-refractivity contribution is -0.142. The summed E-state index contributed by atoms with van der Waals surface area (Å²) in [5, 5.41) is 32.9. The van der Waals surface area contributed by atoms with Crippen molar-refractivity contribution in [1.82, 2.24) is 16.0 Å². The van der Waals surface area contributed by atoms with Gasteiger partial charge in [-0.05, 0) is 33.1 Å². The van der Waals surface area contributed by atoms with Crippen molar-refractivity contribution >= 4 is 47.4 Å². The molecular weight excluding hydrogens is 510 g/mol. The zero-order valence-corrected chi connectivity index (χ0v) is 22.7. The Bertz CT molecular complexity index is 865. The largest absolute Gasteiger partial charge is 0.481 e. The van der Waals surface area contributed by atoms with E-state index in [2.05, 4.69) is 43.6 Å². The van der Waals surface area contributed by atoms with Gasteiger partial charge in [-0.3, -0.25) is 28.8 Å². The van der Waals surface area contributed by atoms with Crippen LogP contribution in [-0.4, -0.2) is 91.7 Å². The normalized spacial score (nSPS) is 20.6. The van der Waals surface area contributed by atoms with Crippen LogP contribution >= 0.6 is 11.8 Å². The molecule has 15 heteroatoms. The Morgan fingerprint density at radius 2 is 1.22 bits per heavy atom. The Morgan fingerprint density at radius 1 is 0.811 bits per heavy atom. The number of amides is 3. The van der Waals surface area contributed by atoms with Crippen molar-refractivity contribution in [2.45, 2.75) is 89.3 Å². The molecule has 0 aromatic rings. The van der Waals surface area contributed by atoms with Gasteiger partial charge in [-0.15, -0.1) is 0 Å². The Kier molecular flexibility index (Phi) is 13.0. The fraction of sp³-hybridized carbons (Fsp3) is 0.727. The average molecular weight is 550 g/mol. The highest BCUT2D eigenvalue weighted by molar-refractivity contribution is 8.01. The van der Waals surface area contributed by atoms with Crippen molar-refractivity contribution in [2.75, 3.05) is 5.75 Å². The van der Waals surface area contributed by atoms with Crippen molar-refractivity contribution in [1.29, 1.82) is 0 Å². The van der Waals surface area contributed by atoms with Crippen LogP contribution in [0.15, 0.2) is 0 Å². The zero-order chi connectivity index (χ0) is 29.3. The minimum Gasteiger partial charge on any atom is -0.481 e. The Hall–Kier alpha value is -2.91. The number of carboxylic acid groups (broad SMARTS) is 3. The van der Waals surface area contributed by atoms with E-state index in [4.69, 9.17) is 26.8 Å². The fourth-order valence-corrected chi connectivity index (χ4v) is 4.90. The van der Waals surface area contributed by atoms with Gasteiger partial charge >= 0.3 is 17.9 Å². The van der Waals surface area contributed by atoms with Gasteiger partial charge in [-0.25, -0.2) is 0 Å². The number of carbonyl (C=O) groups excluding carboxylic acids is 3. The third-order valence-corrected chi connectivity index (χ3v) is 7.39. The number of carboxylic acids is 3. The van der Waals surface area contributed by atoms with Crippen LogP contribution in [0.1, 0.15) is 54.4 Å². The molecule has 1 unspecified atom stereocenters. The molecule has 0 spiro atoms. The summed E-state index contributed by atoms with van der Waals surface area (Å²) in [7, 11) is 0. The molecule has 0 aromatic carbocycles. The van der Waals surface area contributed by atoms with E-state index in [1.807, 2.05) is 0 Å². The first kappa shape index (κ1) is 34.1. The topological polar surface area (TPSA) is 251 Å². The van der Waals surface area contributed by atoms with Crippen molar-refractivity contribution in [2.24, 2.45) is 16.9 Å². The minimum absolute atomic E-state index is 0.0282. The number of nitrogens with one attached hydrogen (secondary N) is 3. The van der Waals surface area contributed by atoms with E-state index in [0.29, 0.717) is 0 Å². The Morgan fingerprint density at radius 3 is 1.54 bits per heavy atom. The molecule has 0 saturated carbocycles. The predicted molar refractivity (Wildman–Crippen MR) is 136 cm³/mol. The zero-order valence-electron chi connectivity index (χ0n) is 21.9. The number of nitrogens with two attached hydrogens (primary N) is 2. The maximum absolute atomic E-state index is 12.4. The summed E-state index contributed by atoms with van der Waals surface area (Å²) in [6, 6.07) is -4.28. The SMILES string of the molecule is C[C@@H](NC(=O)[C@@H](N)CC(=O)O)C(=O)NC1C(C)(C)CSC1(C)C.C[C@@H](NC(=O)[C@@H](N)CC(=O)O)C(=O)O. The molecule has 1 aliphatic heterocycles. The predicted octanol–water partition coefficient (Wildman–Crippen LogP) is -1.29. The first-order valence-electron chi connectivity index (χ1n) is 11.4. The van der Waals surface area contributed by atoms with Crippen LogP contribution in [0.25, 0.3) is 0 Å². The molecule has 3 amide bonds. The highest BCUT2D eigenvalue weighted by atomic mass is 32.2. The molecule has 0 radical (unpaired) electrons. The molecule has 1 fully saturated rings. The minimum atomic E-state index is -1.23. The van der Waals surface area contributed by atoms with Crippen LogP contribution in [0.5, 0.6) is 0 Å². The summed E-state index contributed by atoms with van der Waals surface area (Å²) >= 11 is 1.81.